The van der Waals surface area contributed by atoms with Crippen molar-refractivity contribution in [3.05, 3.63) is 35.4 Å². The highest BCUT2D eigenvalue weighted by Gasteiger charge is 2.28. The van der Waals surface area contributed by atoms with E-state index in [1.807, 2.05) is 12.1 Å². The van der Waals surface area contributed by atoms with Crippen LogP contribution in [0.25, 0.3) is 0 Å². The highest BCUT2D eigenvalue weighted by atomic mass is 16.5. The van der Waals surface area contributed by atoms with Crippen LogP contribution >= 0.6 is 0 Å². The molecule has 0 aromatic heterocycles. The Morgan fingerprint density at radius 3 is 2.10 bits per heavy atom. The van der Waals surface area contributed by atoms with Crippen molar-refractivity contribution in [3.63, 3.8) is 0 Å². The molecule has 0 bridgehead atoms. The van der Waals surface area contributed by atoms with E-state index in [1.54, 1.807) is 0 Å². The number of esters is 2. The minimum atomic E-state index is -0.815. The zero-order valence-corrected chi connectivity index (χ0v) is 12.5. The minimum Gasteiger partial charge on any atom is -0.468 e. The van der Waals surface area contributed by atoms with Crippen LogP contribution in [0.3, 0.4) is 0 Å². The number of fused-ring (bicyclic) bond motifs is 1. The van der Waals surface area contributed by atoms with Gasteiger partial charge in [0.05, 0.1) is 14.2 Å². The molecule has 1 aromatic rings. The number of methoxy groups -OCH3 is 2. The maximum absolute atomic E-state index is 11.6. The minimum absolute atomic E-state index is 0.451. The molecule has 2 rings (SSSR count). The van der Waals surface area contributed by atoms with Gasteiger partial charge in [-0.1, -0.05) is 24.3 Å². The van der Waals surface area contributed by atoms with Gasteiger partial charge in [0.1, 0.15) is 0 Å². The van der Waals surface area contributed by atoms with E-state index in [1.165, 1.54) is 25.3 Å². The zero-order valence-electron chi connectivity index (χ0n) is 12.5. The van der Waals surface area contributed by atoms with Crippen LogP contribution in [0, 0.1) is 5.92 Å². The van der Waals surface area contributed by atoms with Gasteiger partial charge < -0.3 is 9.47 Å². The SMILES string of the molecule is COC(=O)C(CCCN1Cc2ccccc2C1)C(=O)OC. The van der Waals surface area contributed by atoms with E-state index in [4.69, 9.17) is 0 Å². The summed E-state index contributed by atoms with van der Waals surface area (Å²) in [5.41, 5.74) is 2.71. The second-order valence-electron chi connectivity index (χ2n) is 5.22. The third-order valence-electron chi connectivity index (χ3n) is 3.84. The molecule has 0 unspecified atom stereocenters. The van der Waals surface area contributed by atoms with Crippen LogP contribution in [0.5, 0.6) is 0 Å². The molecule has 0 saturated carbocycles. The Morgan fingerprint density at radius 2 is 1.62 bits per heavy atom. The largest absolute Gasteiger partial charge is 0.468 e. The maximum Gasteiger partial charge on any atom is 0.320 e. The highest BCUT2D eigenvalue weighted by Crippen LogP contribution is 2.23. The first-order chi connectivity index (χ1) is 10.2. The number of hydrogen-bond donors (Lipinski definition) is 0. The van der Waals surface area contributed by atoms with Gasteiger partial charge in [-0.25, -0.2) is 0 Å². The molecule has 0 fully saturated rings. The van der Waals surface area contributed by atoms with Gasteiger partial charge in [0.2, 0.25) is 0 Å². The van der Waals surface area contributed by atoms with Crippen molar-refractivity contribution >= 4 is 11.9 Å². The summed E-state index contributed by atoms with van der Waals surface area (Å²) in [6.45, 7) is 2.70. The van der Waals surface area contributed by atoms with Crippen LogP contribution in [0.15, 0.2) is 24.3 Å². The lowest BCUT2D eigenvalue weighted by atomic mass is 10.0. The summed E-state index contributed by atoms with van der Waals surface area (Å²) in [6, 6.07) is 8.38. The van der Waals surface area contributed by atoms with Gasteiger partial charge in [-0.05, 0) is 30.5 Å². The molecule has 21 heavy (non-hydrogen) atoms. The third-order valence-corrected chi connectivity index (χ3v) is 3.84. The van der Waals surface area contributed by atoms with Crippen molar-refractivity contribution in [3.8, 4) is 0 Å². The molecule has 0 saturated heterocycles. The van der Waals surface area contributed by atoms with Gasteiger partial charge in [-0.2, -0.15) is 0 Å². The van der Waals surface area contributed by atoms with Crippen molar-refractivity contribution in [1.82, 2.24) is 4.90 Å². The van der Waals surface area contributed by atoms with Gasteiger partial charge in [-0.3, -0.25) is 14.5 Å². The summed E-state index contributed by atoms with van der Waals surface area (Å²) in [5, 5.41) is 0. The fourth-order valence-electron chi connectivity index (χ4n) is 2.70. The second-order valence-corrected chi connectivity index (χ2v) is 5.22. The zero-order chi connectivity index (χ0) is 15.2. The van der Waals surface area contributed by atoms with Gasteiger partial charge >= 0.3 is 11.9 Å². The number of ether oxygens (including phenoxy) is 2. The van der Waals surface area contributed by atoms with Crippen LogP contribution < -0.4 is 0 Å². The van der Waals surface area contributed by atoms with E-state index in [0.717, 1.165) is 26.1 Å². The van der Waals surface area contributed by atoms with Gasteiger partial charge in [-0.15, -0.1) is 0 Å². The summed E-state index contributed by atoms with van der Waals surface area (Å²) in [4.78, 5) is 25.5. The lowest BCUT2D eigenvalue weighted by molar-refractivity contribution is -0.159. The molecular formula is C16H21NO4. The fraction of sp³-hybridized carbons (Fsp3) is 0.500. The fourth-order valence-corrected chi connectivity index (χ4v) is 2.70. The summed E-state index contributed by atoms with van der Waals surface area (Å²) in [5.74, 6) is -1.86. The lowest BCUT2D eigenvalue weighted by Gasteiger charge is -2.16. The normalized spacial score (nSPS) is 14.0. The van der Waals surface area contributed by atoms with Gasteiger partial charge in [0, 0.05) is 13.1 Å². The van der Waals surface area contributed by atoms with E-state index in [-0.39, 0.29) is 0 Å². The van der Waals surface area contributed by atoms with Crippen molar-refractivity contribution in [2.75, 3.05) is 20.8 Å². The summed E-state index contributed by atoms with van der Waals surface area (Å²) in [6.07, 6.45) is 1.20. The van der Waals surface area contributed by atoms with Crippen LogP contribution in [0.4, 0.5) is 0 Å². The summed E-state index contributed by atoms with van der Waals surface area (Å²) < 4.78 is 9.31. The van der Waals surface area contributed by atoms with Crippen molar-refractivity contribution < 1.29 is 19.1 Å². The average molecular weight is 291 g/mol. The third kappa shape index (κ3) is 3.82. The van der Waals surface area contributed by atoms with Gasteiger partial charge in [0.25, 0.3) is 0 Å². The quantitative estimate of drug-likeness (QED) is 0.590. The Kier molecular flexibility index (Phi) is 5.33. The number of nitrogens with zero attached hydrogens (tertiary/aromatic N) is 1. The first-order valence-corrected chi connectivity index (χ1v) is 7.10. The Bertz CT molecular complexity index is 474. The molecule has 0 radical (unpaired) electrons. The Balaban J connectivity index is 1.81. The van der Waals surface area contributed by atoms with E-state index in [9.17, 15) is 9.59 Å². The van der Waals surface area contributed by atoms with Crippen molar-refractivity contribution in [2.24, 2.45) is 5.92 Å². The molecule has 0 N–H and O–H groups in total. The number of carbonyl (C=O) groups is 2. The number of rotatable bonds is 6. The van der Waals surface area contributed by atoms with Crippen LogP contribution in [0.1, 0.15) is 24.0 Å². The molecule has 1 heterocycles. The second kappa shape index (κ2) is 7.22. The van der Waals surface area contributed by atoms with E-state index >= 15 is 0 Å². The number of hydrogen-bond acceptors (Lipinski definition) is 5. The Labute approximate surface area is 124 Å². The predicted octanol–water partition coefficient (Wildman–Crippen LogP) is 1.74. The smallest absolute Gasteiger partial charge is 0.320 e. The van der Waals surface area contributed by atoms with Crippen LogP contribution in [-0.2, 0) is 32.2 Å². The molecule has 1 aliphatic rings. The molecule has 1 aliphatic heterocycles. The molecule has 0 amide bonds. The Hall–Kier alpha value is -1.88. The monoisotopic (exact) mass is 291 g/mol. The predicted molar refractivity (Wildman–Crippen MR) is 77.3 cm³/mol. The van der Waals surface area contributed by atoms with Crippen molar-refractivity contribution in [2.45, 2.75) is 25.9 Å². The molecule has 0 atom stereocenters. The average Bonchev–Trinajstić information content (AvgIpc) is 2.92. The van der Waals surface area contributed by atoms with Crippen LogP contribution in [0.2, 0.25) is 0 Å². The highest BCUT2D eigenvalue weighted by molar-refractivity contribution is 5.94. The van der Waals surface area contributed by atoms with Crippen molar-refractivity contribution in [1.29, 1.82) is 0 Å². The Morgan fingerprint density at radius 1 is 1.10 bits per heavy atom. The lowest BCUT2D eigenvalue weighted by Crippen LogP contribution is -2.28. The maximum atomic E-state index is 11.6. The molecule has 114 valence electrons. The molecule has 5 nitrogen and oxygen atoms in total. The molecular weight excluding hydrogens is 270 g/mol. The molecule has 1 aromatic carbocycles. The van der Waals surface area contributed by atoms with E-state index in [2.05, 4.69) is 26.5 Å². The van der Waals surface area contributed by atoms with E-state index in [0.29, 0.717) is 6.42 Å². The number of benzene rings is 1. The van der Waals surface area contributed by atoms with Crippen LogP contribution in [-0.4, -0.2) is 37.6 Å². The standard InChI is InChI=1S/C16H21NO4/c1-20-15(18)14(16(19)21-2)8-5-9-17-10-12-6-3-4-7-13(12)11-17/h3-4,6-7,14H,5,8-11H2,1-2H3. The molecule has 5 heteroatoms. The summed E-state index contributed by atoms with van der Waals surface area (Å²) in [7, 11) is 2.57. The molecule has 0 aliphatic carbocycles. The summed E-state index contributed by atoms with van der Waals surface area (Å²) >= 11 is 0. The van der Waals surface area contributed by atoms with E-state index < -0.39 is 17.9 Å². The van der Waals surface area contributed by atoms with Gasteiger partial charge in [0.15, 0.2) is 5.92 Å². The first-order valence-electron chi connectivity index (χ1n) is 7.10. The topological polar surface area (TPSA) is 55.8 Å². The number of carbonyl (C=O) groups excluding carboxylic acids is 2. The molecule has 0 spiro atoms. The first kappa shape index (κ1) is 15.5.